The molecule has 5 aliphatic heterocycles. The molecule has 1 spiro atoms. The maximum atomic E-state index is 12.6. The lowest BCUT2D eigenvalue weighted by Gasteiger charge is -2.41. The number of hydrogen-bond acceptors (Lipinski definition) is 8. The normalized spacial score (nSPS) is 28.7. The van der Waals surface area contributed by atoms with Crippen molar-refractivity contribution < 1.29 is 38.1 Å². The highest BCUT2D eigenvalue weighted by Crippen LogP contribution is 2.45. The molecule has 2 aromatic rings. The molecule has 3 fully saturated rings. The predicted octanol–water partition coefficient (Wildman–Crippen LogP) is 4.37. The molecule has 236 valence electrons. The first-order chi connectivity index (χ1) is 21.2. The van der Waals surface area contributed by atoms with Crippen LogP contribution in [0.5, 0.6) is 11.5 Å². The second-order valence-corrected chi connectivity index (χ2v) is 13.2. The second kappa shape index (κ2) is 14.4. The third-order valence-electron chi connectivity index (χ3n) is 8.48. The van der Waals surface area contributed by atoms with E-state index in [2.05, 4.69) is 48.2 Å². The maximum Gasteiger partial charge on any atom is 0.322 e. The van der Waals surface area contributed by atoms with Gasteiger partial charge in [0.25, 0.3) is 5.91 Å². The number of primary amides is 1. The molecule has 4 N–H and O–H groups in total. The van der Waals surface area contributed by atoms with E-state index in [-0.39, 0.29) is 36.2 Å². The van der Waals surface area contributed by atoms with Crippen LogP contribution in [0.15, 0.2) is 45.3 Å². The number of halogens is 2. The number of nitrogens with two attached hydrogens (primary N) is 1. The Labute approximate surface area is 272 Å². The van der Waals surface area contributed by atoms with Gasteiger partial charge in [-0.15, -0.1) is 0 Å². The summed E-state index contributed by atoms with van der Waals surface area (Å²) < 4.78 is 24.9. The molecule has 0 radical (unpaired) electrons. The van der Waals surface area contributed by atoms with Gasteiger partial charge in [-0.3, -0.25) is 19.7 Å². The number of carbonyl (C=O) groups excluding carboxylic acids is 4. The van der Waals surface area contributed by atoms with Crippen molar-refractivity contribution in [1.29, 1.82) is 0 Å². The van der Waals surface area contributed by atoms with Gasteiger partial charge in [-0.2, -0.15) is 0 Å². The van der Waals surface area contributed by atoms with E-state index >= 15 is 0 Å². The average Bonchev–Trinajstić information content (AvgIpc) is 3.31. The molecule has 0 aromatic heterocycles. The number of ether oxygens (including phenoxy) is 4. The van der Waals surface area contributed by atoms with Crippen molar-refractivity contribution in [3.05, 3.63) is 56.5 Å². The highest BCUT2D eigenvalue weighted by molar-refractivity contribution is 9.10. The Hall–Kier alpha value is -3.00. The molecule has 3 saturated heterocycles. The van der Waals surface area contributed by atoms with Crippen molar-refractivity contribution in [2.75, 3.05) is 26.4 Å². The van der Waals surface area contributed by atoms with Crippen LogP contribution in [-0.2, 0) is 24.6 Å². The van der Waals surface area contributed by atoms with E-state index < -0.39 is 11.6 Å². The molecule has 5 aliphatic rings. The van der Waals surface area contributed by atoms with Gasteiger partial charge in [0.05, 0.1) is 18.8 Å². The summed E-state index contributed by atoms with van der Waals surface area (Å²) in [6.07, 6.45) is 5.10. The topological polar surface area (TPSA) is 155 Å². The van der Waals surface area contributed by atoms with Crippen LogP contribution >= 0.6 is 31.9 Å². The van der Waals surface area contributed by atoms with Crippen LogP contribution < -0.4 is 25.8 Å². The van der Waals surface area contributed by atoms with Crippen LogP contribution in [0.3, 0.4) is 0 Å². The first-order valence-electron chi connectivity index (χ1n) is 14.6. The van der Waals surface area contributed by atoms with Crippen LogP contribution in [0.4, 0.5) is 4.79 Å². The maximum absolute atomic E-state index is 12.6. The van der Waals surface area contributed by atoms with Gasteiger partial charge < -0.3 is 30.0 Å². The lowest BCUT2D eigenvalue weighted by atomic mass is 9.78. The SMILES string of the molecule is NC=O.O=C1CC(C2CCCOC2)Oc2ccc(Br)cc21.O=C1NC(=O)C2(CC(C3CCCOC3)Oc3ccc(Br)cc32)N1. The summed E-state index contributed by atoms with van der Waals surface area (Å²) in [6.45, 7) is 2.95. The number of imide groups is 1. The molecule has 0 bridgehead atoms. The van der Waals surface area contributed by atoms with Crippen LogP contribution in [0.2, 0.25) is 0 Å². The summed E-state index contributed by atoms with van der Waals surface area (Å²) in [5, 5.41) is 5.20. The summed E-state index contributed by atoms with van der Waals surface area (Å²) in [5.41, 5.74) is 4.50. The van der Waals surface area contributed by atoms with Gasteiger partial charge in [0.15, 0.2) is 11.3 Å². The van der Waals surface area contributed by atoms with E-state index in [0.29, 0.717) is 54.6 Å². The summed E-state index contributed by atoms with van der Waals surface area (Å²) in [6, 6.07) is 10.7. The van der Waals surface area contributed by atoms with Crippen molar-refractivity contribution in [2.24, 2.45) is 17.6 Å². The molecule has 0 aliphatic carbocycles. The zero-order valence-electron chi connectivity index (χ0n) is 24.0. The summed E-state index contributed by atoms with van der Waals surface area (Å²) in [4.78, 5) is 45.1. The number of amides is 4. The number of fused-ring (bicyclic) bond motifs is 3. The van der Waals surface area contributed by atoms with Crippen molar-refractivity contribution in [1.82, 2.24) is 10.6 Å². The number of nitrogens with one attached hydrogen (secondary N) is 2. The Bertz CT molecular complexity index is 1400. The largest absolute Gasteiger partial charge is 0.490 e. The van der Waals surface area contributed by atoms with Crippen LogP contribution in [-0.4, -0.2) is 62.8 Å². The van der Waals surface area contributed by atoms with E-state index in [9.17, 15) is 14.4 Å². The van der Waals surface area contributed by atoms with Crippen molar-refractivity contribution >= 4 is 56.0 Å². The highest BCUT2D eigenvalue weighted by Gasteiger charge is 2.54. The summed E-state index contributed by atoms with van der Waals surface area (Å²) >= 11 is 6.81. The first kappa shape index (κ1) is 32.4. The van der Waals surface area contributed by atoms with Crippen LogP contribution in [0.25, 0.3) is 0 Å². The summed E-state index contributed by atoms with van der Waals surface area (Å²) in [7, 11) is 0. The third-order valence-corrected chi connectivity index (χ3v) is 9.46. The molecule has 4 amide bonds. The zero-order chi connectivity index (χ0) is 31.3. The number of Topliss-reactive ketones (excluding diaryl/α,β-unsaturated/α-hetero) is 1. The molecule has 7 rings (SSSR count). The monoisotopic (exact) mass is 735 g/mol. The number of rotatable bonds is 2. The van der Waals surface area contributed by atoms with Crippen LogP contribution in [0, 0.1) is 11.8 Å². The molecule has 13 heteroatoms. The summed E-state index contributed by atoms with van der Waals surface area (Å²) in [5.74, 6) is 1.79. The molecule has 44 heavy (non-hydrogen) atoms. The standard InChI is InChI=1S/C16H17BrN2O4.C14H15BrO3.CH3NO/c17-10-3-4-12-11(6-10)16(14(20)18-15(21)19-16)7-13(23-12)9-2-1-5-22-8-9;15-10-3-4-13-11(6-10)12(16)7-14(18-13)9-2-1-5-17-8-9;2-1-3/h3-4,6,9,13H,1-2,5,7-8H2,(H2,18,19,20,21);3-4,6,9,14H,1-2,5,7-8H2;1H,(H2,2,3). The number of carbonyl (C=O) groups is 4. The molecule has 11 nitrogen and oxygen atoms in total. The van der Waals surface area contributed by atoms with Gasteiger partial charge in [0, 0.05) is 52.4 Å². The Morgan fingerprint density at radius 3 is 2.05 bits per heavy atom. The molecular weight excluding hydrogens is 702 g/mol. The quantitative estimate of drug-likeness (QED) is 0.303. The Morgan fingerprint density at radius 1 is 0.864 bits per heavy atom. The van der Waals surface area contributed by atoms with Crippen molar-refractivity contribution in [2.45, 2.75) is 56.3 Å². The number of benzene rings is 2. The minimum absolute atomic E-state index is 0.0218. The Kier molecular flexibility index (Phi) is 10.6. The third kappa shape index (κ3) is 7.11. The van der Waals surface area contributed by atoms with Crippen LogP contribution in [0.1, 0.15) is 54.4 Å². The van der Waals surface area contributed by atoms with Crippen molar-refractivity contribution in [3.63, 3.8) is 0 Å². The van der Waals surface area contributed by atoms with Crippen molar-refractivity contribution in [3.8, 4) is 11.5 Å². The molecule has 5 unspecified atom stereocenters. The molecule has 2 aromatic carbocycles. The van der Waals surface area contributed by atoms with E-state index in [4.69, 9.17) is 23.7 Å². The van der Waals surface area contributed by atoms with Gasteiger partial charge in [-0.25, -0.2) is 4.79 Å². The van der Waals surface area contributed by atoms with Gasteiger partial charge in [-0.1, -0.05) is 31.9 Å². The average molecular weight is 737 g/mol. The minimum Gasteiger partial charge on any atom is -0.490 e. The second-order valence-electron chi connectivity index (χ2n) is 11.3. The number of ketones is 1. The smallest absolute Gasteiger partial charge is 0.322 e. The number of urea groups is 1. The van der Waals surface area contributed by atoms with Gasteiger partial charge >= 0.3 is 6.03 Å². The molecular formula is C31H35Br2N3O8. The molecule has 5 heterocycles. The van der Waals surface area contributed by atoms with E-state index in [0.717, 1.165) is 47.8 Å². The molecule has 5 atom stereocenters. The zero-order valence-corrected chi connectivity index (χ0v) is 27.2. The van der Waals surface area contributed by atoms with Gasteiger partial charge in [0.1, 0.15) is 23.7 Å². The fourth-order valence-electron chi connectivity index (χ4n) is 6.34. The Balaban J connectivity index is 0.000000164. The fourth-order valence-corrected chi connectivity index (χ4v) is 7.07. The Morgan fingerprint density at radius 2 is 1.45 bits per heavy atom. The first-order valence-corrected chi connectivity index (χ1v) is 16.2. The fraction of sp³-hybridized carbons (Fsp3) is 0.484. The lowest BCUT2D eigenvalue weighted by Crippen LogP contribution is -2.52. The lowest BCUT2D eigenvalue weighted by molar-refractivity contribution is -0.127. The molecule has 0 saturated carbocycles. The van der Waals surface area contributed by atoms with Gasteiger partial charge in [-0.05, 0) is 62.1 Å². The highest BCUT2D eigenvalue weighted by atomic mass is 79.9. The number of hydrogen-bond donors (Lipinski definition) is 3. The predicted molar refractivity (Wildman–Crippen MR) is 166 cm³/mol. The van der Waals surface area contributed by atoms with Gasteiger partial charge in [0.2, 0.25) is 6.41 Å². The van der Waals surface area contributed by atoms with E-state index in [1.807, 2.05) is 36.4 Å². The van der Waals surface area contributed by atoms with E-state index in [1.165, 1.54) is 0 Å². The minimum atomic E-state index is -1.06. The van der Waals surface area contributed by atoms with E-state index in [1.54, 1.807) is 0 Å².